The molecule has 1 N–H and O–H groups in total. The van der Waals surface area contributed by atoms with Crippen LogP contribution in [0.1, 0.15) is 61.0 Å². The first kappa shape index (κ1) is 22.7. The average molecular weight is 448 g/mol. The molecule has 4 nitrogen and oxygen atoms in total. The second-order valence-corrected chi connectivity index (χ2v) is 8.48. The van der Waals surface area contributed by atoms with Crippen molar-refractivity contribution in [1.29, 1.82) is 0 Å². The number of carbonyl (C=O) groups excluding carboxylic acids is 1. The molecule has 3 rings (SSSR count). The average Bonchev–Trinajstić information content (AvgIpc) is 3.04. The van der Waals surface area contributed by atoms with Crippen LogP contribution in [0.2, 0.25) is 10.0 Å². The Balaban J connectivity index is 1.89. The van der Waals surface area contributed by atoms with Gasteiger partial charge in [-0.3, -0.25) is 4.79 Å². The summed E-state index contributed by atoms with van der Waals surface area (Å²) in [5, 5.41) is 13.5. The quantitative estimate of drug-likeness (QED) is 0.568. The fraction of sp³-hybridized carbons (Fsp3) is 0.375. The number of quaternary nitrogens is 1. The van der Waals surface area contributed by atoms with Gasteiger partial charge < -0.3 is 14.7 Å². The molecule has 0 atom stereocenters. The van der Waals surface area contributed by atoms with Crippen molar-refractivity contribution in [3.05, 3.63) is 62.8 Å². The number of rotatable bonds is 9. The number of Topliss-reactive ketones (excluding diaryl/α,β-unsaturated/α-hetero) is 1. The molecular weight excluding hydrogens is 421 g/mol. The lowest BCUT2D eigenvalue weighted by Crippen LogP contribution is -3.10. The van der Waals surface area contributed by atoms with Crippen LogP contribution in [-0.4, -0.2) is 18.9 Å². The van der Waals surface area contributed by atoms with E-state index in [-0.39, 0.29) is 17.3 Å². The van der Waals surface area contributed by atoms with Crippen LogP contribution < -0.4 is 14.7 Å². The number of allylic oxidation sites excluding steroid dienone is 1. The largest absolute Gasteiger partial charge is 0.872 e. The molecule has 1 heterocycles. The van der Waals surface area contributed by atoms with Gasteiger partial charge in [0.1, 0.15) is 12.3 Å². The Kier molecular flexibility index (Phi) is 7.81. The van der Waals surface area contributed by atoms with Crippen LogP contribution in [0.5, 0.6) is 11.5 Å². The smallest absolute Gasteiger partial charge is 0.231 e. The zero-order valence-corrected chi connectivity index (χ0v) is 18.9. The molecule has 0 unspecified atom stereocenters. The van der Waals surface area contributed by atoms with E-state index in [4.69, 9.17) is 27.9 Å². The van der Waals surface area contributed by atoms with E-state index in [2.05, 4.69) is 13.8 Å². The normalized spacial score (nSPS) is 14.4. The molecule has 1 aliphatic heterocycles. The van der Waals surface area contributed by atoms with Crippen LogP contribution in [0.4, 0.5) is 0 Å². The second-order valence-electron chi connectivity index (χ2n) is 7.67. The number of hydrogen-bond acceptors (Lipinski definition) is 3. The van der Waals surface area contributed by atoms with E-state index in [1.54, 1.807) is 30.3 Å². The Hall–Kier alpha value is -2.01. The van der Waals surface area contributed by atoms with Gasteiger partial charge in [0.15, 0.2) is 5.76 Å². The molecule has 0 spiro atoms. The highest BCUT2D eigenvalue weighted by molar-refractivity contribution is 6.42. The third-order valence-electron chi connectivity index (χ3n) is 5.33. The Morgan fingerprint density at radius 2 is 1.73 bits per heavy atom. The van der Waals surface area contributed by atoms with Crippen molar-refractivity contribution in [2.24, 2.45) is 0 Å². The zero-order chi connectivity index (χ0) is 21.7. The second kappa shape index (κ2) is 10.3. The molecule has 6 heteroatoms. The van der Waals surface area contributed by atoms with Crippen molar-refractivity contribution >= 4 is 35.1 Å². The van der Waals surface area contributed by atoms with E-state index >= 15 is 0 Å². The third kappa shape index (κ3) is 5.18. The number of unbranched alkanes of at least 4 members (excludes halogenated alkanes) is 2. The summed E-state index contributed by atoms with van der Waals surface area (Å²) in [6.07, 6.45) is 6.06. The molecule has 0 saturated carbocycles. The van der Waals surface area contributed by atoms with Crippen LogP contribution >= 0.6 is 23.2 Å². The van der Waals surface area contributed by atoms with Crippen LogP contribution in [0.15, 0.2) is 36.1 Å². The standard InChI is InChI=1S/C24H27Cl2NO3/c1-3-5-11-27(12-6-4-2)15-18-21(28)10-8-17-23(29)22(30-24(17)18)14-16-7-9-19(25)20(26)13-16/h7-10,13-14,28H,3-6,11-12,15H2,1-2H3. The molecule has 0 bridgehead atoms. The van der Waals surface area contributed by atoms with Crippen molar-refractivity contribution < 1.29 is 19.5 Å². The van der Waals surface area contributed by atoms with Crippen LogP contribution in [-0.2, 0) is 6.54 Å². The molecule has 0 fully saturated rings. The van der Waals surface area contributed by atoms with Crippen molar-refractivity contribution in [3.8, 4) is 11.5 Å². The summed E-state index contributed by atoms with van der Waals surface area (Å²) in [6, 6.07) is 8.17. The minimum atomic E-state index is -0.221. The van der Waals surface area contributed by atoms with E-state index < -0.39 is 0 Å². The summed E-state index contributed by atoms with van der Waals surface area (Å²) in [5.41, 5.74) is 1.74. The van der Waals surface area contributed by atoms with E-state index in [0.29, 0.717) is 39.0 Å². The van der Waals surface area contributed by atoms with Gasteiger partial charge in [-0.15, -0.1) is 0 Å². The molecule has 30 heavy (non-hydrogen) atoms. The fourth-order valence-electron chi connectivity index (χ4n) is 3.62. The fourth-order valence-corrected chi connectivity index (χ4v) is 3.92. The third-order valence-corrected chi connectivity index (χ3v) is 6.07. The Bertz CT molecular complexity index is 948. The highest BCUT2D eigenvalue weighted by Gasteiger charge is 2.31. The van der Waals surface area contributed by atoms with Crippen molar-refractivity contribution in [3.63, 3.8) is 0 Å². The highest BCUT2D eigenvalue weighted by atomic mass is 35.5. The van der Waals surface area contributed by atoms with Crippen LogP contribution in [0.3, 0.4) is 0 Å². The number of benzene rings is 2. The monoisotopic (exact) mass is 447 g/mol. The Morgan fingerprint density at radius 1 is 1.03 bits per heavy atom. The summed E-state index contributed by atoms with van der Waals surface area (Å²) in [4.78, 5) is 14.2. The summed E-state index contributed by atoms with van der Waals surface area (Å²) < 4.78 is 5.94. The van der Waals surface area contributed by atoms with Gasteiger partial charge in [-0.25, -0.2) is 0 Å². The molecule has 0 saturated heterocycles. The lowest BCUT2D eigenvalue weighted by molar-refractivity contribution is -0.914. The molecule has 0 aliphatic carbocycles. The van der Waals surface area contributed by atoms with Crippen molar-refractivity contribution in [2.45, 2.75) is 46.1 Å². The molecule has 160 valence electrons. The van der Waals surface area contributed by atoms with Gasteiger partial charge in [0, 0.05) is 5.56 Å². The van der Waals surface area contributed by atoms with Crippen molar-refractivity contribution in [1.82, 2.24) is 0 Å². The van der Waals surface area contributed by atoms with Gasteiger partial charge in [0.25, 0.3) is 0 Å². The molecule has 0 amide bonds. The van der Waals surface area contributed by atoms with Crippen LogP contribution in [0.25, 0.3) is 6.08 Å². The van der Waals surface area contributed by atoms with E-state index in [1.165, 1.54) is 11.0 Å². The first-order chi connectivity index (χ1) is 14.4. The molecular formula is C24H27Cl2NO3. The number of carbonyl (C=O) groups is 1. The van der Waals surface area contributed by atoms with E-state index in [9.17, 15) is 9.90 Å². The molecule has 2 aromatic carbocycles. The first-order valence-electron chi connectivity index (χ1n) is 10.5. The maximum atomic E-state index is 12.9. The number of halogens is 2. The topological polar surface area (TPSA) is 53.8 Å². The summed E-state index contributed by atoms with van der Waals surface area (Å²) in [6.45, 7) is 6.89. The number of hydrogen-bond donors (Lipinski definition) is 1. The zero-order valence-electron chi connectivity index (χ0n) is 17.4. The van der Waals surface area contributed by atoms with E-state index in [0.717, 1.165) is 38.8 Å². The number of ketones is 1. The predicted octanol–water partition coefficient (Wildman–Crippen LogP) is 4.67. The molecule has 0 aromatic heterocycles. The van der Waals surface area contributed by atoms with Gasteiger partial charge in [-0.2, -0.15) is 0 Å². The number of ether oxygens (including phenoxy) is 1. The maximum absolute atomic E-state index is 12.9. The lowest BCUT2D eigenvalue weighted by atomic mass is 10.0. The molecule has 1 aliphatic rings. The predicted molar refractivity (Wildman–Crippen MR) is 120 cm³/mol. The van der Waals surface area contributed by atoms with Crippen molar-refractivity contribution in [2.75, 3.05) is 13.1 Å². The number of fused-ring (bicyclic) bond motifs is 1. The Labute approximate surface area is 188 Å². The Morgan fingerprint density at radius 3 is 2.37 bits per heavy atom. The molecule has 2 aromatic rings. The minimum absolute atomic E-state index is 0.0807. The summed E-state index contributed by atoms with van der Waals surface area (Å²) in [7, 11) is 0. The first-order valence-corrected chi connectivity index (χ1v) is 11.3. The highest BCUT2D eigenvalue weighted by Crippen LogP contribution is 2.38. The van der Waals surface area contributed by atoms with Crippen LogP contribution in [0, 0.1) is 0 Å². The SMILES string of the molecule is CCCC[NH+](CCCC)Cc1c([O-])ccc2c1OC(=Cc1ccc(Cl)c(Cl)c1)C2=O. The summed E-state index contributed by atoms with van der Waals surface area (Å²) >= 11 is 12.1. The van der Waals surface area contributed by atoms with E-state index in [1.807, 2.05) is 0 Å². The van der Waals surface area contributed by atoms with Gasteiger partial charge in [0.2, 0.25) is 5.78 Å². The van der Waals surface area contributed by atoms with Gasteiger partial charge >= 0.3 is 0 Å². The van der Waals surface area contributed by atoms with Gasteiger partial charge in [0.05, 0.1) is 28.7 Å². The number of nitrogens with one attached hydrogen (secondary N) is 1. The summed E-state index contributed by atoms with van der Waals surface area (Å²) in [5.74, 6) is 0.298. The lowest BCUT2D eigenvalue weighted by Gasteiger charge is -2.23. The minimum Gasteiger partial charge on any atom is -0.872 e. The molecule has 0 radical (unpaired) electrons. The maximum Gasteiger partial charge on any atom is 0.231 e. The van der Waals surface area contributed by atoms with Gasteiger partial charge in [-0.1, -0.05) is 67.8 Å². The van der Waals surface area contributed by atoms with Gasteiger partial charge in [-0.05, 0) is 42.7 Å².